The topological polar surface area (TPSA) is 76.1 Å². The number of carboxylic acid groups (broad SMARTS) is 1. The fourth-order valence-corrected chi connectivity index (χ4v) is 2.59. The molecule has 0 radical (unpaired) electrons. The van der Waals surface area contributed by atoms with Crippen LogP contribution in [0.2, 0.25) is 0 Å². The van der Waals surface area contributed by atoms with Crippen LogP contribution >= 0.6 is 0 Å². The number of carboxylic acids is 1. The zero-order valence-electron chi connectivity index (χ0n) is 13.4. The second-order valence-corrected chi connectivity index (χ2v) is 5.48. The average Bonchev–Trinajstić information content (AvgIpc) is 2.58. The molecule has 0 aliphatic carbocycles. The molecular weight excluding hydrogens is 298 g/mol. The molecule has 1 heterocycles. The third-order valence-electron chi connectivity index (χ3n) is 3.91. The number of likely N-dealkylation sites (tertiary alicyclic amines) is 1. The van der Waals surface area contributed by atoms with Crippen molar-refractivity contribution in [1.29, 1.82) is 0 Å². The largest absolute Gasteiger partial charge is 0.491 e. The van der Waals surface area contributed by atoms with Gasteiger partial charge in [-0.15, -0.1) is 0 Å². The van der Waals surface area contributed by atoms with Crippen molar-refractivity contribution in [3.63, 3.8) is 0 Å². The third kappa shape index (κ3) is 4.96. The van der Waals surface area contributed by atoms with Crippen LogP contribution in [-0.2, 0) is 9.53 Å². The first kappa shape index (κ1) is 17.3. The molecule has 0 unspecified atom stereocenters. The number of rotatable bonds is 7. The lowest BCUT2D eigenvalue weighted by molar-refractivity contribution is -0.143. The quantitative estimate of drug-likeness (QED) is 0.778. The molecule has 0 atom stereocenters. The lowest BCUT2D eigenvalue weighted by Crippen LogP contribution is -2.40. The van der Waals surface area contributed by atoms with Crippen LogP contribution < -0.4 is 4.74 Å². The van der Waals surface area contributed by atoms with E-state index in [1.54, 1.807) is 29.2 Å². The predicted octanol–water partition coefficient (Wildman–Crippen LogP) is 2.04. The Morgan fingerprint density at radius 2 is 2.00 bits per heavy atom. The van der Waals surface area contributed by atoms with E-state index in [9.17, 15) is 9.59 Å². The molecule has 0 saturated carbocycles. The number of carbonyl (C=O) groups is 2. The molecule has 0 aromatic heterocycles. The Hall–Kier alpha value is -2.08. The number of aliphatic carboxylic acids is 1. The number of amides is 1. The summed E-state index contributed by atoms with van der Waals surface area (Å²) < 4.78 is 10.8. The van der Waals surface area contributed by atoms with E-state index in [0.29, 0.717) is 57.1 Å². The maximum absolute atomic E-state index is 12.5. The summed E-state index contributed by atoms with van der Waals surface area (Å²) in [5, 5.41) is 9.01. The van der Waals surface area contributed by atoms with Gasteiger partial charge in [-0.05, 0) is 38.0 Å². The Morgan fingerprint density at radius 3 is 2.65 bits per heavy atom. The molecule has 1 amide bonds. The lowest BCUT2D eigenvalue weighted by atomic mass is 9.96. The molecule has 0 spiro atoms. The zero-order valence-corrected chi connectivity index (χ0v) is 13.4. The maximum atomic E-state index is 12.5. The van der Waals surface area contributed by atoms with E-state index in [1.165, 1.54) is 0 Å². The summed E-state index contributed by atoms with van der Waals surface area (Å²) in [5.41, 5.74) is 0.563. The highest BCUT2D eigenvalue weighted by Gasteiger charge is 2.27. The van der Waals surface area contributed by atoms with Gasteiger partial charge >= 0.3 is 5.97 Å². The van der Waals surface area contributed by atoms with E-state index >= 15 is 0 Å². The number of hydrogen-bond acceptors (Lipinski definition) is 4. The van der Waals surface area contributed by atoms with Gasteiger partial charge in [0.15, 0.2) is 0 Å². The summed E-state index contributed by atoms with van der Waals surface area (Å²) in [6.07, 6.45) is 1.01. The van der Waals surface area contributed by atoms with Gasteiger partial charge in [-0.1, -0.05) is 6.07 Å². The summed E-state index contributed by atoms with van der Waals surface area (Å²) in [5.74, 6) is -0.561. The van der Waals surface area contributed by atoms with Crippen molar-refractivity contribution in [1.82, 2.24) is 4.90 Å². The summed E-state index contributed by atoms with van der Waals surface area (Å²) in [4.78, 5) is 25.2. The Bertz CT molecular complexity index is 538. The Balaban J connectivity index is 1.91. The molecule has 1 aliphatic rings. The number of benzene rings is 1. The maximum Gasteiger partial charge on any atom is 0.306 e. The minimum atomic E-state index is -0.776. The van der Waals surface area contributed by atoms with Crippen molar-refractivity contribution < 1.29 is 24.2 Å². The van der Waals surface area contributed by atoms with E-state index in [4.69, 9.17) is 14.6 Å². The standard InChI is InChI=1S/C17H23NO5/c1-2-22-10-11-23-15-5-3-4-14(12-15)16(19)18-8-6-13(7-9-18)17(20)21/h3-5,12-13H,2,6-11H2,1H3,(H,20,21). The number of ether oxygens (including phenoxy) is 2. The summed E-state index contributed by atoms with van der Waals surface area (Å²) in [7, 11) is 0. The van der Waals surface area contributed by atoms with E-state index in [-0.39, 0.29) is 11.8 Å². The van der Waals surface area contributed by atoms with Crippen LogP contribution in [0, 0.1) is 5.92 Å². The molecule has 6 heteroatoms. The van der Waals surface area contributed by atoms with Crippen molar-refractivity contribution in [3.05, 3.63) is 29.8 Å². The van der Waals surface area contributed by atoms with E-state index in [2.05, 4.69) is 0 Å². The summed E-state index contributed by atoms with van der Waals surface area (Å²) in [6, 6.07) is 7.06. The minimum Gasteiger partial charge on any atom is -0.491 e. The van der Waals surface area contributed by atoms with E-state index in [1.807, 2.05) is 6.92 Å². The Kier molecular flexibility index (Phi) is 6.40. The van der Waals surface area contributed by atoms with Gasteiger partial charge in [0, 0.05) is 25.3 Å². The van der Waals surface area contributed by atoms with Gasteiger partial charge in [0.1, 0.15) is 12.4 Å². The van der Waals surface area contributed by atoms with Crippen LogP contribution in [0.3, 0.4) is 0 Å². The van der Waals surface area contributed by atoms with Crippen LogP contribution in [0.5, 0.6) is 5.75 Å². The van der Waals surface area contributed by atoms with Crippen molar-refractivity contribution in [2.75, 3.05) is 32.9 Å². The molecule has 6 nitrogen and oxygen atoms in total. The highest BCUT2D eigenvalue weighted by atomic mass is 16.5. The van der Waals surface area contributed by atoms with Crippen LogP contribution in [0.1, 0.15) is 30.1 Å². The van der Waals surface area contributed by atoms with E-state index < -0.39 is 5.97 Å². The number of piperidine rings is 1. The van der Waals surface area contributed by atoms with Crippen LogP contribution in [0.15, 0.2) is 24.3 Å². The second kappa shape index (κ2) is 8.53. The molecule has 23 heavy (non-hydrogen) atoms. The summed E-state index contributed by atoms with van der Waals surface area (Å²) >= 11 is 0. The molecule has 1 aromatic rings. The highest BCUT2D eigenvalue weighted by molar-refractivity contribution is 5.94. The molecule has 1 saturated heterocycles. The van der Waals surface area contributed by atoms with Crippen LogP contribution in [0.4, 0.5) is 0 Å². The first-order valence-electron chi connectivity index (χ1n) is 7.94. The molecule has 1 fully saturated rings. The van der Waals surface area contributed by atoms with Gasteiger partial charge in [0.25, 0.3) is 5.91 Å². The van der Waals surface area contributed by atoms with Crippen molar-refractivity contribution >= 4 is 11.9 Å². The third-order valence-corrected chi connectivity index (χ3v) is 3.91. The molecule has 0 bridgehead atoms. The molecular formula is C17H23NO5. The van der Waals surface area contributed by atoms with E-state index in [0.717, 1.165) is 0 Å². The Labute approximate surface area is 136 Å². The molecule has 1 N–H and O–H groups in total. The SMILES string of the molecule is CCOCCOc1cccc(C(=O)N2CCC(C(=O)O)CC2)c1. The molecule has 1 aromatic carbocycles. The molecule has 2 rings (SSSR count). The fourth-order valence-electron chi connectivity index (χ4n) is 2.59. The van der Waals surface area contributed by atoms with Gasteiger partial charge in [-0.3, -0.25) is 9.59 Å². The van der Waals surface area contributed by atoms with Gasteiger partial charge < -0.3 is 19.5 Å². The van der Waals surface area contributed by atoms with Crippen molar-refractivity contribution in [2.45, 2.75) is 19.8 Å². The smallest absolute Gasteiger partial charge is 0.306 e. The predicted molar refractivity (Wildman–Crippen MR) is 84.7 cm³/mol. The average molecular weight is 321 g/mol. The fraction of sp³-hybridized carbons (Fsp3) is 0.529. The van der Waals surface area contributed by atoms with Gasteiger partial charge in [0.05, 0.1) is 12.5 Å². The lowest BCUT2D eigenvalue weighted by Gasteiger charge is -2.30. The summed E-state index contributed by atoms with van der Waals surface area (Å²) in [6.45, 7) is 4.48. The first-order valence-corrected chi connectivity index (χ1v) is 7.94. The Morgan fingerprint density at radius 1 is 1.26 bits per heavy atom. The minimum absolute atomic E-state index is 0.0795. The first-order chi connectivity index (χ1) is 11.1. The highest BCUT2D eigenvalue weighted by Crippen LogP contribution is 2.21. The normalized spacial score (nSPS) is 15.4. The monoisotopic (exact) mass is 321 g/mol. The zero-order chi connectivity index (χ0) is 16.7. The molecule has 126 valence electrons. The van der Waals surface area contributed by atoms with Crippen LogP contribution in [-0.4, -0.2) is 54.8 Å². The van der Waals surface area contributed by atoms with Gasteiger partial charge in [-0.25, -0.2) is 0 Å². The van der Waals surface area contributed by atoms with Crippen molar-refractivity contribution in [3.8, 4) is 5.75 Å². The van der Waals surface area contributed by atoms with Crippen molar-refractivity contribution in [2.24, 2.45) is 5.92 Å². The molecule has 1 aliphatic heterocycles. The van der Waals surface area contributed by atoms with Crippen LogP contribution in [0.25, 0.3) is 0 Å². The number of hydrogen-bond donors (Lipinski definition) is 1. The number of carbonyl (C=O) groups excluding carboxylic acids is 1. The second-order valence-electron chi connectivity index (χ2n) is 5.48. The van der Waals surface area contributed by atoms with Gasteiger partial charge in [0.2, 0.25) is 0 Å². The number of nitrogens with zero attached hydrogens (tertiary/aromatic N) is 1. The van der Waals surface area contributed by atoms with Gasteiger partial charge in [-0.2, -0.15) is 0 Å².